The van der Waals surface area contributed by atoms with Crippen LogP contribution in [-0.4, -0.2) is 314 Å². The van der Waals surface area contributed by atoms with Crippen molar-refractivity contribution < 1.29 is 149 Å². The molecule has 10 aliphatic rings. The van der Waals surface area contributed by atoms with E-state index in [4.69, 9.17) is 52.1 Å². The van der Waals surface area contributed by atoms with Crippen molar-refractivity contribution in [1.82, 2.24) is 0 Å². The fourth-order valence-corrected chi connectivity index (χ4v) is 17.2. The lowest BCUT2D eigenvalue weighted by molar-refractivity contribution is -0.400. The topological polar surface area (TPSA) is 486 Å². The fraction of sp³-hybridized carbons (Fsp3) is 1.00. The molecule has 0 bridgehead atoms. The molecule has 38 atom stereocenters. The van der Waals surface area contributed by atoms with Gasteiger partial charge in [-0.3, -0.25) is 0 Å². The zero-order valence-corrected chi connectivity index (χ0v) is 49.3. The van der Waals surface area contributed by atoms with E-state index in [1.807, 2.05) is 6.92 Å². The molecule has 30 nitrogen and oxygen atoms in total. The molecule has 4 saturated carbocycles. The highest BCUT2D eigenvalue weighted by Crippen LogP contribution is 2.71. The summed E-state index contributed by atoms with van der Waals surface area (Å²) in [4.78, 5) is 0. The maximum Gasteiger partial charge on any atom is 0.187 e. The zero-order valence-electron chi connectivity index (χ0n) is 49.3. The predicted octanol–water partition coefficient (Wildman–Crippen LogP) is -7.16. The van der Waals surface area contributed by atoms with Gasteiger partial charge in [-0.1, -0.05) is 27.7 Å². The van der Waals surface area contributed by atoms with E-state index in [1.165, 1.54) is 0 Å². The third kappa shape index (κ3) is 12.6. The second-order valence-electron chi connectivity index (χ2n) is 27.2. The van der Waals surface area contributed by atoms with Crippen molar-refractivity contribution >= 4 is 0 Å². The largest absolute Gasteiger partial charge is 0.394 e. The van der Waals surface area contributed by atoms with E-state index >= 15 is 0 Å². The first-order valence-electron chi connectivity index (χ1n) is 31.0. The molecule has 0 spiro atoms. The zero-order chi connectivity index (χ0) is 63.1. The van der Waals surface area contributed by atoms with Crippen molar-refractivity contribution in [3.8, 4) is 0 Å². The van der Waals surface area contributed by atoms with Gasteiger partial charge in [0.2, 0.25) is 0 Å². The lowest BCUT2D eigenvalue weighted by atomic mass is 9.44. The van der Waals surface area contributed by atoms with E-state index in [0.29, 0.717) is 37.5 Å². The van der Waals surface area contributed by atoms with Crippen LogP contribution in [0.5, 0.6) is 0 Å². The van der Waals surface area contributed by atoms with Crippen LogP contribution in [0.15, 0.2) is 0 Å². The van der Waals surface area contributed by atoms with Crippen molar-refractivity contribution in [2.24, 2.45) is 52.3 Å². The summed E-state index contributed by atoms with van der Waals surface area (Å²) >= 11 is 0. The Hall–Kier alpha value is -1.20. The summed E-state index contributed by atoms with van der Waals surface area (Å²) < 4.78 is 65.3. The minimum atomic E-state index is -2.16. The fourth-order valence-electron chi connectivity index (χ4n) is 17.2. The molecule has 0 radical (unpaired) electrons. The van der Waals surface area contributed by atoms with Gasteiger partial charge in [-0.2, -0.15) is 0 Å². The Labute approximate surface area is 502 Å². The number of aliphatic hydroxyl groups is 19. The highest BCUT2D eigenvalue weighted by atomic mass is 16.8. The summed E-state index contributed by atoms with van der Waals surface area (Å²) in [5, 5.41) is 205. The monoisotopic (exact) mass is 1260 g/mol. The Morgan fingerprint density at radius 2 is 0.954 bits per heavy atom. The van der Waals surface area contributed by atoms with Crippen LogP contribution in [0.25, 0.3) is 0 Å². The number of aliphatic hydroxyl groups excluding tert-OH is 18. The Kier molecular flexibility index (Phi) is 21.5. The first-order chi connectivity index (χ1) is 41.2. The van der Waals surface area contributed by atoms with E-state index in [2.05, 4.69) is 20.8 Å². The van der Waals surface area contributed by atoms with Gasteiger partial charge in [0.15, 0.2) is 37.2 Å². The molecule has 0 aromatic heterocycles. The maximum absolute atomic E-state index is 12.1. The van der Waals surface area contributed by atoms with Crippen LogP contribution in [-0.2, 0) is 52.1 Å². The number of fused-ring (bicyclic) bond motifs is 7. The summed E-state index contributed by atoms with van der Waals surface area (Å²) in [5.41, 5.74) is -0.438. The van der Waals surface area contributed by atoms with E-state index in [1.54, 1.807) is 0 Å². The maximum atomic E-state index is 12.1. The molecule has 87 heavy (non-hydrogen) atoms. The van der Waals surface area contributed by atoms with Gasteiger partial charge in [0.05, 0.1) is 58.0 Å². The van der Waals surface area contributed by atoms with Crippen LogP contribution < -0.4 is 0 Å². The normalized spacial score (nSPS) is 55.6. The molecule has 30 heteroatoms. The summed E-state index contributed by atoms with van der Waals surface area (Å²) in [7, 11) is 0. The highest BCUT2D eigenvalue weighted by Gasteiger charge is 2.69. The molecule has 4 aliphatic carbocycles. The van der Waals surface area contributed by atoms with Gasteiger partial charge in [0.1, 0.15) is 122 Å². The summed E-state index contributed by atoms with van der Waals surface area (Å²) in [6, 6.07) is 0. The van der Waals surface area contributed by atoms with Crippen molar-refractivity contribution in [3.63, 3.8) is 0 Å². The number of ether oxygens (including phenoxy) is 11. The van der Waals surface area contributed by atoms with Gasteiger partial charge in [0, 0.05) is 12.3 Å². The van der Waals surface area contributed by atoms with Gasteiger partial charge in [-0.05, 0) is 97.7 Å². The first-order valence-corrected chi connectivity index (χ1v) is 31.0. The van der Waals surface area contributed by atoms with Gasteiger partial charge in [0.25, 0.3) is 0 Å². The Bertz CT molecular complexity index is 2220. The number of hydrogen-bond donors (Lipinski definition) is 19. The van der Waals surface area contributed by atoms with Crippen molar-refractivity contribution in [2.45, 2.75) is 263 Å². The van der Waals surface area contributed by atoms with E-state index in [0.717, 1.165) is 32.1 Å². The molecule has 504 valence electrons. The smallest absolute Gasteiger partial charge is 0.187 e. The van der Waals surface area contributed by atoms with Crippen molar-refractivity contribution in [3.05, 3.63) is 0 Å². The third-order valence-corrected chi connectivity index (χ3v) is 22.2. The molecule has 10 fully saturated rings. The molecular weight excluding hydrogens is 1160 g/mol. The molecule has 0 amide bonds. The standard InChI is InChI=1S/C57H96O30/c1-20(19-77-50-42(71)38(67)35(64)29(14-58)79-50)7-10-57(76)21(2)34-28(87-57)12-25-23-6-5-22-11-27(26(63)13-56(22,4)24(23)8-9-55(25,34)3)78-51-45(74)41(70)47(32(17-61)82-51)84-54-46(75)49(86-53-44(73)40(69)37(66)31(16-60)81-53)48(33(18-62)83-54)85-52-43(72)39(68)36(65)30(15-59)80-52/h20-54,58-76H,5-19H2,1-4H3. The Morgan fingerprint density at radius 1 is 0.483 bits per heavy atom. The SMILES string of the molecule is CC(CCC1(O)OC2CC3C4CCC5CC(OC6OC(CO)C(OC7OC(CO)C(OC8OC(CO)C(O)C(O)C8O)C(OC8OC(CO)C(O)C(O)C8O)C7O)C(O)C6O)C(O)CC5(C)C4CCC3(C)C2C1C)COC1OC(CO)C(O)C(O)C1O. The van der Waals surface area contributed by atoms with Crippen LogP contribution in [0.1, 0.15) is 85.5 Å². The molecule has 19 N–H and O–H groups in total. The van der Waals surface area contributed by atoms with E-state index in [-0.39, 0.29) is 53.1 Å². The minimum absolute atomic E-state index is 0.0794. The summed E-state index contributed by atoms with van der Waals surface area (Å²) in [6.07, 6.45) is -40.1. The quantitative estimate of drug-likeness (QED) is 0.0534. The van der Waals surface area contributed by atoms with Crippen LogP contribution in [0.3, 0.4) is 0 Å². The van der Waals surface area contributed by atoms with E-state index in [9.17, 15) is 97.0 Å². The van der Waals surface area contributed by atoms with Gasteiger partial charge in [-0.25, -0.2) is 0 Å². The number of rotatable bonds is 19. The van der Waals surface area contributed by atoms with Crippen LogP contribution in [0, 0.1) is 52.3 Å². The summed E-state index contributed by atoms with van der Waals surface area (Å²) in [5.74, 6) is -0.654. The average molecular weight is 1260 g/mol. The average Bonchev–Trinajstić information content (AvgIpc) is 1.59. The second kappa shape index (κ2) is 27.3. The molecule has 6 heterocycles. The van der Waals surface area contributed by atoms with E-state index < -0.39 is 205 Å². The van der Waals surface area contributed by atoms with Gasteiger partial charge in [-0.15, -0.1) is 0 Å². The second-order valence-corrected chi connectivity index (χ2v) is 27.2. The molecule has 0 aromatic carbocycles. The first kappa shape index (κ1) is 68.7. The molecule has 10 rings (SSSR count). The Balaban J connectivity index is 0.759. The summed E-state index contributed by atoms with van der Waals surface area (Å²) in [6.45, 7) is 4.50. The Morgan fingerprint density at radius 3 is 1.52 bits per heavy atom. The lowest BCUT2D eigenvalue weighted by Gasteiger charge is -2.62. The van der Waals surface area contributed by atoms with Crippen LogP contribution >= 0.6 is 0 Å². The molecule has 6 saturated heterocycles. The van der Waals surface area contributed by atoms with Crippen molar-refractivity contribution in [2.75, 3.05) is 39.6 Å². The minimum Gasteiger partial charge on any atom is -0.394 e. The molecule has 0 aromatic rings. The molecule has 6 aliphatic heterocycles. The van der Waals surface area contributed by atoms with Crippen LogP contribution in [0.2, 0.25) is 0 Å². The lowest BCUT2D eigenvalue weighted by Crippen LogP contribution is -2.68. The van der Waals surface area contributed by atoms with Crippen LogP contribution in [0.4, 0.5) is 0 Å². The molecular formula is C57H96O30. The van der Waals surface area contributed by atoms with Crippen molar-refractivity contribution in [1.29, 1.82) is 0 Å². The molecule has 38 unspecified atom stereocenters. The predicted molar refractivity (Wildman–Crippen MR) is 286 cm³/mol. The number of hydrogen-bond acceptors (Lipinski definition) is 30. The highest BCUT2D eigenvalue weighted by molar-refractivity contribution is 5.16. The van der Waals surface area contributed by atoms with Gasteiger partial charge >= 0.3 is 0 Å². The van der Waals surface area contributed by atoms with Gasteiger partial charge < -0.3 is 149 Å². The third-order valence-electron chi connectivity index (χ3n) is 22.2.